The van der Waals surface area contributed by atoms with Crippen molar-refractivity contribution in [2.45, 2.75) is 123 Å². The molecule has 0 bridgehead atoms. The van der Waals surface area contributed by atoms with Gasteiger partial charge in [0.05, 0.1) is 27.7 Å². The van der Waals surface area contributed by atoms with Gasteiger partial charge in [0.2, 0.25) is 0 Å². The Morgan fingerprint density at radius 2 is 1.18 bits per heavy atom. The van der Waals surface area contributed by atoms with Crippen molar-refractivity contribution in [2.75, 3.05) is 47.5 Å². The number of hydrogen-bond donors (Lipinski definition) is 1. The minimum Gasteiger partial charge on any atom is -0.462 e. The molecule has 1 unspecified atom stereocenters. The molecule has 1 N–H and O–H groups in total. The Labute approximate surface area is 232 Å². The fraction of sp³-hybridized carbons (Fsp3) is 0.929. The molecule has 10 heteroatoms. The lowest BCUT2D eigenvalue weighted by molar-refractivity contribution is -0.870. The van der Waals surface area contributed by atoms with Gasteiger partial charge in [0.1, 0.15) is 19.8 Å². The standard InChI is InChI=1S/C28H56NO8P/c1-6-8-10-12-14-15-17-18-20-27(30)34-24-26(37-28(31)21-19-16-13-11-9-7-2)25-36-38(32,33)35-23-22-29(3,4)5/h26H,6-25H2,1-5H3/p+1/t26-/m0/s1. The number of esters is 2. The van der Waals surface area contributed by atoms with Crippen molar-refractivity contribution in [1.82, 2.24) is 0 Å². The maximum absolute atomic E-state index is 12.3. The molecule has 2 atom stereocenters. The van der Waals surface area contributed by atoms with E-state index in [9.17, 15) is 19.0 Å². The fourth-order valence-corrected chi connectivity index (χ4v) is 4.46. The molecule has 0 heterocycles. The van der Waals surface area contributed by atoms with Crippen LogP contribution in [0.25, 0.3) is 0 Å². The average Bonchev–Trinajstić information content (AvgIpc) is 2.83. The maximum atomic E-state index is 12.3. The molecule has 9 nitrogen and oxygen atoms in total. The van der Waals surface area contributed by atoms with Gasteiger partial charge in [-0.2, -0.15) is 0 Å². The smallest absolute Gasteiger partial charge is 0.462 e. The van der Waals surface area contributed by atoms with Gasteiger partial charge in [-0.05, 0) is 12.8 Å². The molecule has 0 saturated heterocycles. The summed E-state index contributed by atoms with van der Waals surface area (Å²) in [5, 5.41) is 0. The number of rotatable bonds is 26. The molecule has 0 spiro atoms. The molecule has 0 rings (SSSR count). The van der Waals surface area contributed by atoms with Crippen LogP contribution in [0.5, 0.6) is 0 Å². The lowest BCUT2D eigenvalue weighted by Gasteiger charge is -2.24. The van der Waals surface area contributed by atoms with E-state index in [0.717, 1.165) is 44.9 Å². The van der Waals surface area contributed by atoms with Gasteiger partial charge >= 0.3 is 19.8 Å². The average molecular weight is 567 g/mol. The van der Waals surface area contributed by atoms with Crippen LogP contribution in [0.2, 0.25) is 0 Å². The molecule has 0 amide bonds. The Morgan fingerprint density at radius 1 is 0.711 bits per heavy atom. The zero-order valence-corrected chi connectivity index (χ0v) is 25.8. The number of quaternary nitrogens is 1. The summed E-state index contributed by atoms with van der Waals surface area (Å²) in [5.41, 5.74) is 0. The van der Waals surface area contributed by atoms with E-state index >= 15 is 0 Å². The molecule has 0 saturated carbocycles. The van der Waals surface area contributed by atoms with Crippen molar-refractivity contribution in [3.63, 3.8) is 0 Å². The van der Waals surface area contributed by atoms with Crippen molar-refractivity contribution < 1.29 is 42.1 Å². The van der Waals surface area contributed by atoms with Gasteiger partial charge < -0.3 is 18.9 Å². The van der Waals surface area contributed by atoms with Gasteiger partial charge in [-0.15, -0.1) is 0 Å². The molecule has 0 aliphatic rings. The number of hydrogen-bond acceptors (Lipinski definition) is 7. The van der Waals surface area contributed by atoms with Crippen molar-refractivity contribution in [1.29, 1.82) is 0 Å². The monoisotopic (exact) mass is 566 g/mol. The summed E-state index contributed by atoms with van der Waals surface area (Å²) in [7, 11) is 1.48. The first-order valence-electron chi connectivity index (χ1n) is 14.8. The van der Waals surface area contributed by atoms with E-state index in [-0.39, 0.29) is 25.6 Å². The summed E-state index contributed by atoms with van der Waals surface area (Å²) in [4.78, 5) is 34.6. The number of unbranched alkanes of at least 4 members (excludes halogenated alkanes) is 12. The van der Waals surface area contributed by atoms with E-state index in [2.05, 4.69) is 13.8 Å². The minimum absolute atomic E-state index is 0.0351. The fourth-order valence-electron chi connectivity index (χ4n) is 3.72. The number of carbonyl (C=O) groups excluding carboxylic acids is 2. The Morgan fingerprint density at radius 3 is 1.68 bits per heavy atom. The summed E-state index contributed by atoms with van der Waals surface area (Å²) in [6, 6.07) is 0. The number of likely N-dealkylation sites (N-methyl/N-ethyl adjacent to an activating group) is 1. The molecule has 0 fully saturated rings. The van der Waals surface area contributed by atoms with Crippen LogP contribution in [0.3, 0.4) is 0 Å². The van der Waals surface area contributed by atoms with E-state index in [1.807, 2.05) is 21.1 Å². The number of nitrogens with zero attached hydrogens (tertiary/aromatic N) is 1. The molecular weight excluding hydrogens is 509 g/mol. The molecular formula is C28H57NO8P+. The van der Waals surface area contributed by atoms with Crippen molar-refractivity contribution in [2.24, 2.45) is 0 Å². The lowest BCUT2D eigenvalue weighted by atomic mass is 10.1. The molecule has 226 valence electrons. The van der Waals surface area contributed by atoms with Crippen LogP contribution in [0.15, 0.2) is 0 Å². The van der Waals surface area contributed by atoms with Gasteiger partial charge in [0, 0.05) is 12.8 Å². The first-order chi connectivity index (χ1) is 18.0. The number of phosphoric ester groups is 1. The normalized spacial score (nSPS) is 14.2. The SMILES string of the molecule is CCCCCCCCCCC(=O)OC[C@@H](COP(=O)(O)OCC[N+](C)(C)C)OC(=O)CCCCCCCC. The molecule has 0 aliphatic heterocycles. The van der Waals surface area contributed by atoms with Gasteiger partial charge in [0.25, 0.3) is 0 Å². The first kappa shape index (κ1) is 37.0. The summed E-state index contributed by atoms with van der Waals surface area (Å²) in [5.74, 6) is -0.814. The van der Waals surface area contributed by atoms with Crippen LogP contribution in [0.1, 0.15) is 117 Å². The highest BCUT2D eigenvalue weighted by Gasteiger charge is 2.27. The van der Waals surface area contributed by atoms with Crippen molar-refractivity contribution in [3.05, 3.63) is 0 Å². The second kappa shape index (κ2) is 22.8. The van der Waals surface area contributed by atoms with Gasteiger partial charge in [-0.3, -0.25) is 18.6 Å². The number of carbonyl (C=O) groups is 2. The van der Waals surface area contributed by atoms with Crippen molar-refractivity contribution in [3.8, 4) is 0 Å². The summed E-state index contributed by atoms with van der Waals surface area (Å²) >= 11 is 0. The van der Waals surface area contributed by atoms with Crippen LogP contribution < -0.4 is 0 Å². The Hall–Kier alpha value is -0.990. The highest BCUT2D eigenvalue weighted by atomic mass is 31.2. The Bertz CT molecular complexity index is 653. The van der Waals surface area contributed by atoms with E-state index < -0.39 is 26.5 Å². The lowest BCUT2D eigenvalue weighted by Crippen LogP contribution is -2.37. The molecule has 0 radical (unpaired) electrons. The highest BCUT2D eigenvalue weighted by molar-refractivity contribution is 7.47. The zero-order chi connectivity index (χ0) is 28.7. The number of phosphoric acid groups is 1. The highest BCUT2D eigenvalue weighted by Crippen LogP contribution is 2.43. The molecule has 0 aromatic rings. The van der Waals surface area contributed by atoms with E-state index in [4.69, 9.17) is 18.5 Å². The second-order valence-corrected chi connectivity index (χ2v) is 12.6. The third-order valence-electron chi connectivity index (χ3n) is 6.14. The van der Waals surface area contributed by atoms with E-state index in [1.54, 1.807) is 0 Å². The summed E-state index contributed by atoms with van der Waals surface area (Å²) < 4.78 is 33.7. The maximum Gasteiger partial charge on any atom is 0.472 e. The van der Waals surface area contributed by atoms with Crippen LogP contribution >= 0.6 is 7.82 Å². The largest absolute Gasteiger partial charge is 0.472 e. The second-order valence-electron chi connectivity index (χ2n) is 11.1. The molecule has 0 aromatic heterocycles. The van der Waals surface area contributed by atoms with Crippen LogP contribution in [-0.4, -0.2) is 74.9 Å². The predicted molar refractivity (Wildman–Crippen MR) is 151 cm³/mol. The third-order valence-corrected chi connectivity index (χ3v) is 7.12. The number of ether oxygens (including phenoxy) is 2. The molecule has 0 aliphatic carbocycles. The first-order valence-corrected chi connectivity index (χ1v) is 16.3. The topological polar surface area (TPSA) is 108 Å². The van der Waals surface area contributed by atoms with Gasteiger partial charge in [-0.25, -0.2) is 4.57 Å². The van der Waals surface area contributed by atoms with Gasteiger partial charge in [-0.1, -0.05) is 90.9 Å². The van der Waals surface area contributed by atoms with Gasteiger partial charge in [0.15, 0.2) is 6.10 Å². The van der Waals surface area contributed by atoms with E-state index in [0.29, 0.717) is 23.9 Å². The van der Waals surface area contributed by atoms with Crippen LogP contribution in [-0.2, 0) is 32.7 Å². The van der Waals surface area contributed by atoms with Crippen LogP contribution in [0.4, 0.5) is 0 Å². The molecule has 0 aromatic carbocycles. The summed E-state index contributed by atoms with van der Waals surface area (Å²) in [6.45, 7) is 4.28. The Kier molecular flexibility index (Phi) is 22.2. The summed E-state index contributed by atoms with van der Waals surface area (Å²) in [6.07, 6.45) is 14.8. The predicted octanol–water partition coefficient (Wildman–Crippen LogP) is 6.56. The van der Waals surface area contributed by atoms with Crippen molar-refractivity contribution >= 4 is 19.8 Å². The Balaban J connectivity index is 4.55. The minimum atomic E-state index is -4.34. The van der Waals surface area contributed by atoms with Crippen LogP contribution in [0, 0.1) is 0 Å². The third kappa shape index (κ3) is 25.3. The molecule has 38 heavy (non-hydrogen) atoms. The van der Waals surface area contributed by atoms with E-state index in [1.165, 1.54) is 38.5 Å². The zero-order valence-electron chi connectivity index (χ0n) is 24.9. The quantitative estimate of drug-likeness (QED) is 0.0543.